The Kier molecular flexibility index (Phi) is 8.06. The Morgan fingerprint density at radius 1 is 0.651 bits per heavy atom. The van der Waals surface area contributed by atoms with E-state index >= 15 is 0 Å². The lowest BCUT2D eigenvalue weighted by molar-refractivity contribution is 0.0893. The van der Waals surface area contributed by atoms with Gasteiger partial charge in [-0.1, -0.05) is 24.3 Å². The van der Waals surface area contributed by atoms with Crippen molar-refractivity contribution in [2.75, 3.05) is 48.2 Å². The molecule has 0 amide bonds. The number of nitrogens with zero attached hydrogens (tertiary/aromatic N) is 2. The van der Waals surface area contributed by atoms with Gasteiger partial charge in [0, 0.05) is 13.1 Å². The number of phenols is 2. The monoisotopic (exact) mass is 582 g/mol. The van der Waals surface area contributed by atoms with Gasteiger partial charge >= 0.3 is 0 Å². The lowest BCUT2D eigenvalue weighted by Gasteiger charge is -2.38. The number of likely N-dealkylation sites (N-methyl/N-ethyl adjacent to an activating group) is 1. The van der Waals surface area contributed by atoms with Gasteiger partial charge in [0.2, 0.25) is 0 Å². The molecule has 8 nitrogen and oxygen atoms in total. The van der Waals surface area contributed by atoms with Crippen LogP contribution in [-0.2, 0) is 12.8 Å². The standard InChI is InChI=1S/C35H38N2O6/c1-36-13-11-22-18-31(41-3)33(20-28(22)34(36)24-7-5-9-26(38)15-24)43-21-37-14-12-23-17-30(40-2)32(42-4)19-29(23)35(37)25-8-6-10-27(39)16-25/h5-10,15-20,34-35,38-39H,11-14,21H2,1-4H3. The van der Waals surface area contributed by atoms with Crippen LogP contribution in [0.5, 0.6) is 34.5 Å². The Balaban J connectivity index is 1.36. The van der Waals surface area contributed by atoms with E-state index in [2.05, 4.69) is 35.0 Å². The zero-order valence-electron chi connectivity index (χ0n) is 25.0. The zero-order valence-corrected chi connectivity index (χ0v) is 25.0. The molecule has 43 heavy (non-hydrogen) atoms. The summed E-state index contributed by atoms with van der Waals surface area (Å²) in [6.07, 6.45) is 1.70. The Morgan fingerprint density at radius 3 is 1.77 bits per heavy atom. The molecule has 0 aromatic heterocycles. The molecule has 0 spiro atoms. The molecule has 8 heteroatoms. The maximum Gasteiger partial charge on any atom is 0.163 e. The lowest BCUT2D eigenvalue weighted by Crippen LogP contribution is -2.39. The van der Waals surface area contributed by atoms with E-state index in [1.807, 2.05) is 36.4 Å². The number of hydrogen-bond donors (Lipinski definition) is 2. The van der Waals surface area contributed by atoms with E-state index in [1.165, 1.54) is 11.1 Å². The first kappa shape index (κ1) is 28.7. The fraction of sp³-hybridized carbons (Fsp3) is 0.314. The van der Waals surface area contributed by atoms with Crippen molar-refractivity contribution in [1.29, 1.82) is 0 Å². The van der Waals surface area contributed by atoms with E-state index in [0.29, 0.717) is 29.7 Å². The number of phenolic OH excluding ortho intramolecular Hbond substituents is 2. The molecular formula is C35H38N2O6. The predicted octanol–water partition coefficient (Wildman–Crippen LogP) is 5.68. The van der Waals surface area contributed by atoms with Crippen LogP contribution >= 0.6 is 0 Å². The van der Waals surface area contributed by atoms with Crippen LogP contribution < -0.4 is 18.9 Å². The molecule has 4 aromatic rings. The van der Waals surface area contributed by atoms with E-state index in [9.17, 15) is 10.2 Å². The average Bonchev–Trinajstić information content (AvgIpc) is 3.02. The molecule has 0 saturated heterocycles. The van der Waals surface area contributed by atoms with Crippen molar-refractivity contribution in [3.8, 4) is 34.5 Å². The second kappa shape index (κ2) is 12.1. The number of ether oxygens (including phenoxy) is 4. The first-order valence-electron chi connectivity index (χ1n) is 14.5. The smallest absolute Gasteiger partial charge is 0.163 e. The molecule has 2 N–H and O–H groups in total. The maximum absolute atomic E-state index is 10.4. The van der Waals surface area contributed by atoms with Crippen LogP contribution in [0.15, 0.2) is 72.8 Å². The number of rotatable bonds is 8. The van der Waals surface area contributed by atoms with Crippen LogP contribution in [0.2, 0.25) is 0 Å². The first-order valence-corrected chi connectivity index (χ1v) is 14.5. The Morgan fingerprint density at radius 2 is 1.16 bits per heavy atom. The summed E-state index contributed by atoms with van der Waals surface area (Å²) in [6, 6.07) is 22.9. The number of benzene rings is 4. The third-order valence-electron chi connectivity index (χ3n) is 8.63. The van der Waals surface area contributed by atoms with E-state index in [0.717, 1.165) is 48.2 Å². The highest BCUT2D eigenvalue weighted by Crippen LogP contribution is 2.44. The molecule has 2 aliphatic heterocycles. The number of fused-ring (bicyclic) bond motifs is 2. The summed E-state index contributed by atoms with van der Waals surface area (Å²) in [5.41, 5.74) is 6.59. The predicted molar refractivity (Wildman–Crippen MR) is 165 cm³/mol. The van der Waals surface area contributed by atoms with Gasteiger partial charge in [0.05, 0.1) is 33.4 Å². The summed E-state index contributed by atoms with van der Waals surface area (Å²) in [4.78, 5) is 4.56. The minimum absolute atomic E-state index is 0.0199. The SMILES string of the molecule is COc1cc2c(cc1OC)C(c1cccc(O)c1)N(COc1cc3c(cc1OC)CCN(C)C3c1cccc(O)c1)CC2. The van der Waals surface area contributed by atoms with E-state index < -0.39 is 0 Å². The molecule has 0 aliphatic carbocycles. The van der Waals surface area contributed by atoms with E-state index in [1.54, 1.807) is 39.5 Å². The maximum atomic E-state index is 10.4. The van der Waals surface area contributed by atoms with Crippen LogP contribution in [0.3, 0.4) is 0 Å². The third kappa shape index (κ3) is 5.56. The van der Waals surface area contributed by atoms with Crippen molar-refractivity contribution >= 4 is 0 Å². The highest BCUT2D eigenvalue weighted by molar-refractivity contribution is 5.53. The van der Waals surface area contributed by atoms with Gasteiger partial charge in [0.15, 0.2) is 23.0 Å². The van der Waals surface area contributed by atoms with Crippen molar-refractivity contribution < 1.29 is 29.2 Å². The van der Waals surface area contributed by atoms with Gasteiger partial charge in [0.1, 0.15) is 18.2 Å². The Bertz CT molecular complexity index is 1620. The zero-order chi connectivity index (χ0) is 30.1. The van der Waals surface area contributed by atoms with Crippen molar-refractivity contribution in [2.24, 2.45) is 0 Å². The van der Waals surface area contributed by atoms with Crippen LogP contribution in [0, 0.1) is 0 Å². The molecule has 4 aromatic carbocycles. The summed E-state index contributed by atoms with van der Waals surface area (Å²) >= 11 is 0. The minimum Gasteiger partial charge on any atom is -0.508 e. The summed E-state index contributed by atoms with van der Waals surface area (Å²) in [5, 5.41) is 20.6. The molecule has 2 heterocycles. The quantitative estimate of drug-likeness (QED) is 0.275. The lowest BCUT2D eigenvalue weighted by atomic mass is 9.87. The van der Waals surface area contributed by atoms with Gasteiger partial charge in [-0.3, -0.25) is 9.80 Å². The summed E-state index contributed by atoms with van der Waals surface area (Å²) in [6.45, 7) is 1.93. The molecular weight excluding hydrogens is 544 g/mol. The number of methoxy groups -OCH3 is 3. The van der Waals surface area contributed by atoms with Crippen molar-refractivity contribution in [3.63, 3.8) is 0 Å². The van der Waals surface area contributed by atoms with Crippen LogP contribution in [0.25, 0.3) is 0 Å². The first-order chi connectivity index (χ1) is 20.9. The normalized spacial score (nSPS) is 18.4. The second-order valence-electron chi connectivity index (χ2n) is 11.2. The minimum atomic E-state index is -0.176. The Hall–Kier alpha value is -4.40. The summed E-state index contributed by atoms with van der Waals surface area (Å²) in [5.74, 6) is 3.17. The molecule has 2 aliphatic rings. The third-order valence-corrected chi connectivity index (χ3v) is 8.63. The van der Waals surface area contributed by atoms with Gasteiger partial charge in [-0.15, -0.1) is 0 Å². The summed E-state index contributed by atoms with van der Waals surface area (Å²) < 4.78 is 23.7. The number of hydrogen-bond acceptors (Lipinski definition) is 8. The molecule has 2 atom stereocenters. The highest BCUT2D eigenvalue weighted by Gasteiger charge is 2.32. The molecule has 0 fully saturated rings. The largest absolute Gasteiger partial charge is 0.508 e. The Labute approximate surface area is 252 Å². The molecule has 0 bridgehead atoms. The molecule has 0 radical (unpaired) electrons. The van der Waals surface area contributed by atoms with Crippen molar-refractivity contribution in [3.05, 3.63) is 106 Å². The summed E-state index contributed by atoms with van der Waals surface area (Å²) in [7, 11) is 7.06. The van der Waals surface area contributed by atoms with Gasteiger partial charge < -0.3 is 29.2 Å². The fourth-order valence-corrected chi connectivity index (χ4v) is 6.53. The van der Waals surface area contributed by atoms with Crippen LogP contribution in [0.1, 0.15) is 45.5 Å². The van der Waals surface area contributed by atoms with E-state index in [-0.39, 0.29) is 23.6 Å². The van der Waals surface area contributed by atoms with Crippen LogP contribution in [0.4, 0.5) is 0 Å². The van der Waals surface area contributed by atoms with Crippen molar-refractivity contribution in [2.45, 2.75) is 24.9 Å². The van der Waals surface area contributed by atoms with Gasteiger partial charge in [-0.25, -0.2) is 0 Å². The molecule has 224 valence electrons. The van der Waals surface area contributed by atoms with E-state index in [4.69, 9.17) is 18.9 Å². The number of aromatic hydroxyl groups is 2. The molecule has 2 unspecified atom stereocenters. The average molecular weight is 583 g/mol. The topological polar surface area (TPSA) is 83.9 Å². The van der Waals surface area contributed by atoms with Gasteiger partial charge in [-0.2, -0.15) is 0 Å². The van der Waals surface area contributed by atoms with Crippen LogP contribution in [-0.4, -0.2) is 68.2 Å². The molecule has 6 rings (SSSR count). The second-order valence-corrected chi connectivity index (χ2v) is 11.2. The molecule has 0 saturated carbocycles. The van der Waals surface area contributed by atoms with Gasteiger partial charge in [-0.05, 0) is 102 Å². The van der Waals surface area contributed by atoms with Gasteiger partial charge in [0.25, 0.3) is 0 Å². The highest BCUT2D eigenvalue weighted by atomic mass is 16.5. The van der Waals surface area contributed by atoms with Crippen molar-refractivity contribution in [1.82, 2.24) is 9.80 Å². The fourth-order valence-electron chi connectivity index (χ4n) is 6.53.